The lowest BCUT2D eigenvalue weighted by atomic mass is 10.1. The van der Waals surface area contributed by atoms with Gasteiger partial charge in [-0.25, -0.2) is 0 Å². The van der Waals surface area contributed by atoms with Gasteiger partial charge in [0.1, 0.15) is 5.78 Å². The Morgan fingerprint density at radius 3 is 2.73 bits per heavy atom. The van der Waals surface area contributed by atoms with Crippen molar-refractivity contribution in [3.63, 3.8) is 0 Å². The number of ketones is 1. The van der Waals surface area contributed by atoms with Gasteiger partial charge >= 0.3 is 0 Å². The summed E-state index contributed by atoms with van der Waals surface area (Å²) >= 11 is 0. The van der Waals surface area contributed by atoms with E-state index in [0.29, 0.717) is 6.42 Å². The van der Waals surface area contributed by atoms with E-state index in [1.165, 1.54) is 0 Å². The van der Waals surface area contributed by atoms with Crippen molar-refractivity contribution in [2.45, 2.75) is 20.3 Å². The maximum atomic E-state index is 10.7. The molecule has 11 heavy (non-hydrogen) atoms. The Morgan fingerprint density at radius 1 is 1.73 bits per heavy atom. The fourth-order valence-corrected chi connectivity index (χ4v) is 1.09. The summed E-state index contributed by atoms with van der Waals surface area (Å²) in [6, 6.07) is 0. The number of aromatic nitrogens is 2. The Bertz CT molecular complexity index is 276. The standard InChI is InChI=1S/C8H12N2O/c1-6(11)4-8-5-10(3)9-7(8)2/h5H,4H2,1-3H3. The Morgan fingerprint density at radius 2 is 2.36 bits per heavy atom. The van der Waals surface area contributed by atoms with Crippen LogP contribution in [0.25, 0.3) is 0 Å². The summed E-state index contributed by atoms with van der Waals surface area (Å²) in [4.78, 5) is 10.7. The summed E-state index contributed by atoms with van der Waals surface area (Å²) in [7, 11) is 1.86. The molecule has 0 aliphatic carbocycles. The number of rotatable bonds is 2. The Hall–Kier alpha value is -1.12. The van der Waals surface area contributed by atoms with Gasteiger partial charge in [-0.15, -0.1) is 0 Å². The molecule has 0 fully saturated rings. The molecule has 0 N–H and O–H groups in total. The van der Waals surface area contributed by atoms with Crippen molar-refractivity contribution in [1.82, 2.24) is 9.78 Å². The van der Waals surface area contributed by atoms with Crippen LogP contribution in [0.5, 0.6) is 0 Å². The molecular weight excluding hydrogens is 140 g/mol. The molecular formula is C8H12N2O. The Kier molecular flexibility index (Phi) is 2.08. The van der Waals surface area contributed by atoms with Crippen molar-refractivity contribution < 1.29 is 4.79 Å². The van der Waals surface area contributed by atoms with Gasteiger partial charge in [0.15, 0.2) is 0 Å². The first-order chi connectivity index (χ1) is 5.09. The van der Waals surface area contributed by atoms with Crippen molar-refractivity contribution in [2.75, 3.05) is 0 Å². The van der Waals surface area contributed by atoms with Gasteiger partial charge in [0.25, 0.3) is 0 Å². The minimum atomic E-state index is 0.182. The molecule has 60 valence electrons. The molecule has 1 aromatic rings. The maximum Gasteiger partial charge on any atom is 0.134 e. The number of nitrogens with zero attached hydrogens (tertiary/aromatic N) is 2. The Balaban J connectivity index is 2.85. The summed E-state index contributed by atoms with van der Waals surface area (Å²) in [5, 5.41) is 4.13. The lowest BCUT2D eigenvalue weighted by Crippen LogP contribution is -1.96. The molecule has 0 amide bonds. The Labute approximate surface area is 66.0 Å². The topological polar surface area (TPSA) is 34.9 Å². The second kappa shape index (κ2) is 2.86. The second-order valence-electron chi connectivity index (χ2n) is 2.79. The van der Waals surface area contributed by atoms with Crippen LogP contribution in [-0.4, -0.2) is 15.6 Å². The van der Waals surface area contributed by atoms with Crippen LogP contribution >= 0.6 is 0 Å². The van der Waals surface area contributed by atoms with E-state index < -0.39 is 0 Å². The molecule has 0 aliphatic heterocycles. The van der Waals surface area contributed by atoms with E-state index in [2.05, 4.69) is 5.10 Å². The molecule has 0 saturated heterocycles. The first kappa shape index (κ1) is 7.98. The first-order valence-electron chi connectivity index (χ1n) is 3.58. The van der Waals surface area contributed by atoms with Crippen LogP contribution in [0.1, 0.15) is 18.2 Å². The predicted octanol–water partition coefficient (Wildman–Crippen LogP) is 0.860. The minimum Gasteiger partial charge on any atom is -0.300 e. The average molecular weight is 152 g/mol. The van der Waals surface area contributed by atoms with E-state index in [1.54, 1.807) is 11.6 Å². The van der Waals surface area contributed by atoms with E-state index in [4.69, 9.17) is 0 Å². The van der Waals surface area contributed by atoms with Crippen LogP contribution in [0.4, 0.5) is 0 Å². The van der Waals surface area contributed by atoms with Crippen molar-refractivity contribution in [3.05, 3.63) is 17.5 Å². The lowest BCUT2D eigenvalue weighted by Gasteiger charge is -1.90. The molecule has 3 nitrogen and oxygen atoms in total. The largest absolute Gasteiger partial charge is 0.300 e. The molecule has 0 radical (unpaired) electrons. The highest BCUT2D eigenvalue weighted by molar-refractivity contribution is 5.78. The number of carbonyl (C=O) groups is 1. The minimum absolute atomic E-state index is 0.182. The number of carbonyl (C=O) groups excluding carboxylic acids is 1. The summed E-state index contributed by atoms with van der Waals surface area (Å²) in [5.41, 5.74) is 1.97. The zero-order chi connectivity index (χ0) is 8.43. The molecule has 0 aliphatic rings. The smallest absolute Gasteiger partial charge is 0.134 e. The average Bonchev–Trinajstić information content (AvgIpc) is 2.09. The molecule has 1 heterocycles. The van der Waals surface area contributed by atoms with Crippen molar-refractivity contribution in [2.24, 2.45) is 7.05 Å². The molecule has 0 saturated carbocycles. The fraction of sp³-hybridized carbons (Fsp3) is 0.500. The molecule has 0 atom stereocenters. The third kappa shape index (κ3) is 1.90. The molecule has 0 aromatic carbocycles. The predicted molar refractivity (Wildman–Crippen MR) is 42.3 cm³/mol. The fourth-order valence-electron chi connectivity index (χ4n) is 1.09. The molecule has 0 bridgehead atoms. The van der Waals surface area contributed by atoms with E-state index in [0.717, 1.165) is 11.3 Å². The number of Topliss-reactive ketones (excluding diaryl/α,β-unsaturated/α-hetero) is 1. The third-order valence-electron chi connectivity index (χ3n) is 1.55. The molecule has 1 rings (SSSR count). The highest BCUT2D eigenvalue weighted by Crippen LogP contribution is 2.05. The SMILES string of the molecule is CC(=O)Cc1cn(C)nc1C. The van der Waals surface area contributed by atoms with Gasteiger partial charge in [-0.1, -0.05) is 0 Å². The van der Waals surface area contributed by atoms with Crippen molar-refractivity contribution >= 4 is 5.78 Å². The van der Waals surface area contributed by atoms with Gasteiger partial charge in [0.05, 0.1) is 5.69 Å². The summed E-state index contributed by atoms with van der Waals surface area (Å²) < 4.78 is 1.73. The van der Waals surface area contributed by atoms with Gasteiger partial charge in [-0.2, -0.15) is 5.10 Å². The summed E-state index contributed by atoms with van der Waals surface area (Å²) in [5.74, 6) is 0.182. The van der Waals surface area contributed by atoms with Gasteiger partial charge in [0.2, 0.25) is 0 Å². The monoisotopic (exact) mass is 152 g/mol. The van der Waals surface area contributed by atoms with Crippen LogP contribution < -0.4 is 0 Å². The molecule has 0 spiro atoms. The van der Waals surface area contributed by atoms with Crippen LogP contribution in [0.15, 0.2) is 6.20 Å². The van der Waals surface area contributed by atoms with Crippen molar-refractivity contribution in [3.8, 4) is 0 Å². The normalized spacial score (nSPS) is 10.1. The highest BCUT2D eigenvalue weighted by atomic mass is 16.1. The third-order valence-corrected chi connectivity index (χ3v) is 1.55. The van der Waals surface area contributed by atoms with Crippen LogP contribution in [-0.2, 0) is 18.3 Å². The molecule has 0 unspecified atom stereocenters. The van der Waals surface area contributed by atoms with Crippen molar-refractivity contribution in [1.29, 1.82) is 0 Å². The van der Waals surface area contributed by atoms with Gasteiger partial charge in [-0.05, 0) is 13.8 Å². The highest BCUT2D eigenvalue weighted by Gasteiger charge is 2.04. The lowest BCUT2D eigenvalue weighted by molar-refractivity contribution is -0.116. The van der Waals surface area contributed by atoms with E-state index >= 15 is 0 Å². The zero-order valence-corrected chi connectivity index (χ0v) is 7.09. The number of hydrogen-bond acceptors (Lipinski definition) is 2. The van der Waals surface area contributed by atoms with E-state index in [-0.39, 0.29) is 5.78 Å². The van der Waals surface area contributed by atoms with Gasteiger partial charge in [0, 0.05) is 25.2 Å². The molecule has 1 aromatic heterocycles. The first-order valence-corrected chi connectivity index (χ1v) is 3.58. The summed E-state index contributed by atoms with van der Waals surface area (Å²) in [6.07, 6.45) is 2.39. The van der Waals surface area contributed by atoms with Crippen LogP contribution in [0, 0.1) is 6.92 Å². The number of aryl methyl sites for hydroxylation is 2. The van der Waals surface area contributed by atoms with Gasteiger partial charge < -0.3 is 0 Å². The molecule has 3 heteroatoms. The van der Waals surface area contributed by atoms with Crippen LogP contribution in [0.3, 0.4) is 0 Å². The summed E-state index contributed by atoms with van der Waals surface area (Å²) in [6.45, 7) is 3.50. The second-order valence-corrected chi connectivity index (χ2v) is 2.79. The van der Waals surface area contributed by atoms with E-state index in [9.17, 15) is 4.79 Å². The number of hydrogen-bond donors (Lipinski definition) is 0. The maximum absolute atomic E-state index is 10.7. The van der Waals surface area contributed by atoms with Crippen LogP contribution in [0.2, 0.25) is 0 Å². The van der Waals surface area contributed by atoms with E-state index in [1.807, 2.05) is 20.2 Å². The van der Waals surface area contributed by atoms with Gasteiger partial charge in [-0.3, -0.25) is 9.48 Å². The quantitative estimate of drug-likeness (QED) is 0.630. The zero-order valence-electron chi connectivity index (χ0n) is 7.09.